The predicted octanol–water partition coefficient (Wildman–Crippen LogP) is -9.07. The van der Waals surface area contributed by atoms with Crippen LogP contribution in [0.15, 0.2) is 0 Å². The maximum atomic E-state index is 10.2. The SMILES string of the molecule is CC(O)(P(=O)([O-])[O-])P(=O)(O)O.O.[Na+].[Na+]. The van der Waals surface area contributed by atoms with Gasteiger partial charge in [-0.1, -0.05) is 0 Å². The fourth-order valence-corrected chi connectivity index (χ4v) is 1.44. The van der Waals surface area contributed by atoms with Gasteiger partial charge in [0.15, 0.2) is 5.08 Å². The zero-order chi connectivity index (χ0) is 9.50. The van der Waals surface area contributed by atoms with Crippen molar-refractivity contribution in [2.75, 3.05) is 0 Å². The second-order valence-corrected chi connectivity index (χ2v) is 6.19. The van der Waals surface area contributed by atoms with Crippen LogP contribution in [0.2, 0.25) is 0 Å². The van der Waals surface area contributed by atoms with Crippen molar-refractivity contribution < 1.29 is 98.4 Å². The van der Waals surface area contributed by atoms with E-state index in [1.165, 1.54) is 0 Å². The first kappa shape index (κ1) is 25.2. The summed E-state index contributed by atoms with van der Waals surface area (Å²) in [5, 5.41) is 5.02. The average molecular weight is 268 g/mol. The van der Waals surface area contributed by atoms with Crippen molar-refractivity contribution in [3.05, 3.63) is 0 Å². The molecule has 0 fully saturated rings. The average Bonchev–Trinajstić information content (AvgIpc) is 1.58. The Hall–Kier alpha value is 2.22. The standard InChI is InChI=1S/C2H8O7P2.2Na.H2O/c1-2(3,10(4,5)6)11(7,8)9;;;/h3H,1H3,(H2,4,5,6)(H2,7,8,9);;;1H2/q;2*+1;/p-2. The third-order valence-electron chi connectivity index (χ3n) is 1.07. The van der Waals surface area contributed by atoms with Gasteiger partial charge in [0.2, 0.25) is 0 Å². The van der Waals surface area contributed by atoms with E-state index in [9.17, 15) is 18.9 Å². The molecule has 12 heteroatoms. The Morgan fingerprint density at radius 2 is 1.36 bits per heavy atom. The summed E-state index contributed by atoms with van der Waals surface area (Å²) in [5.74, 6) is 0. The molecule has 0 aromatic heterocycles. The largest absolute Gasteiger partial charge is 1.00 e. The van der Waals surface area contributed by atoms with Crippen molar-refractivity contribution in [2.24, 2.45) is 0 Å². The molecule has 0 aromatic rings. The summed E-state index contributed by atoms with van der Waals surface area (Å²) < 4.78 is 20.2. The zero-order valence-corrected chi connectivity index (χ0v) is 13.7. The van der Waals surface area contributed by atoms with Crippen LogP contribution in [0.3, 0.4) is 0 Å². The van der Waals surface area contributed by atoms with Crippen LogP contribution in [0.25, 0.3) is 0 Å². The van der Waals surface area contributed by atoms with Crippen molar-refractivity contribution in [1.82, 2.24) is 0 Å². The number of hydrogen-bond acceptors (Lipinski definition) is 5. The molecular weight excluding hydrogens is 260 g/mol. The summed E-state index contributed by atoms with van der Waals surface area (Å²) in [6.07, 6.45) is 0. The van der Waals surface area contributed by atoms with E-state index < -0.39 is 20.3 Å². The van der Waals surface area contributed by atoms with Gasteiger partial charge in [0.05, 0.1) is 0 Å². The Bertz CT molecular complexity index is 216. The fourth-order valence-electron chi connectivity index (χ4n) is 0.160. The maximum absolute atomic E-state index is 10.2. The molecule has 0 spiro atoms. The van der Waals surface area contributed by atoms with E-state index >= 15 is 0 Å². The number of rotatable bonds is 2. The molecule has 0 radical (unpaired) electrons. The van der Waals surface area contributed by atoms with Crippen molar-refractivity contribution in [3.8, 4) is 0 Å². The molecule has 76 valence electrons. The molecule has 0 aromatic carbocycles. The molecule has 0 bridgehead atoms. The summed E-state index contributed by atoms with van der Waals surface area (Å²) in [7, 11) is -11.0. The van der Waals surface area contributed by atoms with Crippen molar-refractivity contribution in [1.29, 1.82) is 0 Å². The van der Waals surface area contributed by atoms with Gasteiger partial charge >= 0.3 is 66.7 Å². The van der Waals surface area contributed by atoms with Crippen LogP contribution in [0.4, 0.5) is 0 Å². The monoisotopic (exact) mass is 268 g/mol. The Morgan fingerprint density at radius 3 is 1.36 bits per heavy atom. The van der Waals surface area contributed by atoms with Crippen molar-refractivity contribution in [2.45, 2.75) is 12.0 Å². The van der Waals surface area contributed by atoms with Gasteiger partial charge in [0.1, 0.15) is 0 Å². The summed E-state index contributed by atoms with van der Waals surface area (Å²) in [6, 6.07) is 0. The predicted molar refractivity (Wildman–Crippen MR) is 33.9 cm³/mol. The van der Waals surface area contributed by atoms with Gasteiger partial charge in [-0.05, 0) is 14.5 Å². The normalized spacial score (nSPS) is 15.3. The van der Waals surface area contributed by atoms with E-state index in [-0.39, 0.29) is 71.5 Å². The Morgan fingerprint density at radius 1 is 1.14 bits per heavy atom. The fraction of sp³-hybridized carbons (Fsp3) is 1.00. The van der Waals surface area contributed by atoms with E-state index in [0.717, 1.165) is 0 Å². The summed E-state index contributed by atoms with van der Waals surface area (Å²) in [5.41, 5.74) is 0. The van der Waals surface area contributed by atoms with E-state index in [2.05, 4.69) is 0 Å². The molecule has 5 N–H and O–H groups in total. The van der Waals surface area contributed by atoms with Gasteiger partial charge in [0.25, 0.3) is 0 Å². The van der Waals surface area contributed by atoms with Crippen LogP contribution >= 0.6 is 15.2 Å². The molecule has 14 heavy (non-hydrogen) atoms. The number of aliphatic hydroxyl groups is 1. The van der Waals surface area contributed by atoms with Gasteiger partial charge in [-0.3, -0.25) is 4.57 Å². The van der Waals surface area contributed by atoms with E-state index in [0.29, 0.717) is 0 Å². The van der Waals surface area contributed by atoms with Crippen LogP contribution in [0.1, 0.15) is 6.92 Å². The van der Waals surface area contributed by atoms with E-state index in [4.69, 9.17) is 14.9 Å². The summed E-state index contributed by atoms with van der Waals surface area (Å²) in [6.45, 7) is 0.258. The van der Waals surface area contributed by atoms with Crippen LogP contribution in [-0.4, -0.2) is 25.5 Å². The van der Waals surface area contributed by atoms with Gasteiger partial charge in [0, 0.05) is 0 Å². The Labute approximate surface area is 124 Å². The van der Waals surface area contributed by atoms with Crippen LogP contribution in [0.5, 0.6) is 0 Å². The van der Waals surface area contributed by atoms with Crippen molar-refractivity contribution >= 4 is 15.2 Å². The van der Waals surface area contributed by atoms with E-state index in [1.807, 2.05) is 0 Å². The second kappa shape index (κ2) is 7.53. The van der Waals surface area contributed by atoms with Gasteiger partial charge in [-0.25, -0.2) is 0 Å². The molecule has 0 saturated heterocycles. The van der Waals surface area contributed by atoms with Gasteiger partial charge < -0.3 is 34.7 Å². The smallest absolute Gasteiger partial charge is 0.808 e. The Balaban J connectivity index is -0.000000167. The third kappa shape index (κ3) is 6.08. The van der Waals surface area contributed by atoms with Crippen LogP contribution in [-0.2, 0) is 9.13 Å². The van der Waals surface area contributed by atoms with Crippen LogP contribution in [0, 0.1) is 0 Å². The quantitative estimate of drug-likeness (QED) is 0.329. The van der Waals surface area contributed by atoms with Crippen LogP contribution < -0.4 is 68.9 Å². The molecule has 0 saturated carbocycles. The molecule has 0 amide bonds. The minimum Gasteiger partial charge on any atom is -0.808 e. The third-order valence-corrected chi connectivity index (χ3v) is 4.73. The molecular formula is C2H8Na2O8P2. The molecule has 0 aliphatic rings. The summed E-state index contributed by atoms with van der Waals surface area (Å²) >= 11 is 0. The zero-order valence-electron chi connectivity index (χ0n) is 7.87. The molecule has 8 nitrogen and oxygen atoms in total. The molecule has 0 heterocycles. The summed E-state index contributed by atoms with van der Waals surface area (Å²) in [4.78, 5) is 36.4. The van der Waals surface area contributed by atoms with Gasteiger partial charge in [-0.2, -0.15) is 0 Å². The minimum absolute atomic E-state index is 0. The topological polar surface area (TPSA) is 172 Å². The molecule has 1 atom stereocenters. The first-order chi connectivity index (χ1) is 4.50. The molecule has 0 aliphatic carbocycles. The second-order valence-electron chi connectivity index (χ2n) is 2.01. The minimum atomic E-state index is -5.70. The first-order valence-corrected chi connectivity index (χ1v) is 5.46. The van der Waals surface area contributed by atoms with E-state index in [1.54, 1.807) is 0 Å². The molecule has 0 rings (SSSR count). The number of hydrogen-bond donors (Lipinski definition) is 3. The van der Waals surface area contributed by atoms with Gasteiger partial charge in [-0.15, -0.1) is 0 Å². The molecule has 0 aliphatic heterocycles. The maximum Gasteiger partial charge on any atom is 1.00 e. The molecule has 1 unspecified atom stereocenters. The van der Waals surface area contributed by atoms with Crippen molar-refractivity contribution in [3.63, 3.8) is 0 Å². The Kier molecular flexibility index (Phi) is 13.5. The first-order valence-electron chi connectivity index (χ1n) is 2.30.